The van der Waals surface area contributed by atoms with Gasteiger partial charge in [-0.05, 0) is 11.6 Å². The fourth-order valence-electron chi connectivity index (χ4n) is 1.95. The van der Waals surface area contributed by atoms with Crippen molar-refractivity contribution < 1.29 is 35.8 Å². The van der Waals surface area contributed by atoms with Crippen LogP contribution in [0.1, 0.15) is 0 Å². The van der Waals surface area contributed by atoms with Gasteiger partial charge in [-0.15, -0.1) is 26.3 Å². The Hall–Kier alpha value is -2.78. The predicted octanol–water partition coefficient (Wildman–Crippen LogP) is 4.32. The Morgan fingerprint density at radius 3 is 1.79 bits per heavy atom. The van der Waals surface area contributed by atoms with Gasteiger partial charge in [0.05, 0.1) is 5.69 Å². The quantitative estimate of drug-likeness (QED) is 0.638. The molecule has 0 atom stereocenters. The van der Waals surface area contributed by atoms with Crippen molar-refractivity contribution in [3.05, 3.63) is 36.4 Å². The second-order valence-electron chi connectivity index (χ2n) is 4.54. The van der Waals surface area contributed by atoms with Crippen LogP contribution in [0.15, 0.2) is 36.4 Å². The first-order valence-electron chi connectivity index (χ1n) is 6.27. The van der Waals surface area contributed by atoms with Crippen LogP contribution >= 0.6 is 0 Å². The van der Waals surface area contributed by atoms with Gasteiger partial charge in [-0.2, -0.15) is 0 Å². The summed E-state index contributed by atoms with van der Waals surface area (Å²) in [6.45, 7) is 0. The molecule has 0 amide bonds. The van der Waals surface area contributed by atoms with Gasteiger partial charge in [0.2, 0.25) is 0 Å². The Balaban J connectivity index is 2.65. The number of hydrogen-bond donors (Lipinski definition) is 2. The monoisotopic (exact) mass is 352 g/mol. The van der Waals surface area contributed by atoms with E-state index in [9.17, 15) is 26.3 Å². The molecule has 0 aliphatic carbocycles. The molecule has 24 heavy (non-hydrogen) atoms. The highest BCUT2D eigenvalue weighted by atomic mass is 19.4. The minimum atomic E-state index is -5.28. The maximum atomic E-state index is 12.5. The zero-order valence-corrected chi connectivity index (χ0v) is 11.7. The summed E-state index contributed by atoms with van der Waals surface area (Å²) in [5.74, 6) is -2.60. The van der Waals surface area contributed by atoms with Crippen molar-refractivity contribution in [3.63, 3.8) is 0 Å². The summed E-state index contributed by atoms with van der Waals surface area (Å²) in [5.41, 5.74) is 10.2. The number of hydrogen-bond acceptors (Lipinski definition) is 4. The minimum Gasteiger partial charge on any atom is -0.402 e. The van der Waals surface area contributed by atoms with Crippen LogP contribution < -0.4 is 20.9 Å². The first-order valence-corrected chi connectivity index (χ1v) is 6.27. The van der Waals surface area contributed by atoms with Crippen molar-refractivity contribution in [2.45, 2.75) is 12.7 Å². The predicted molar refractivity (Wildman–Crippen MR) is 74.1 cm³/mol. The molecule has 0 aliphatic rings. The summed E-state index contributed by atoms with van der Waals surface area (Å²) < 4.78 is 81.9. The Morgan fingerprint density at radius 2 is 1.29 bits per heavy atom. The third kappa shape index (κ3) is 4.15. The maximum Gasteiger partial charge on any atom is 0.573 e. The van der Waals surface area contributed by atoms with Gasteiger partial charge in [0.15, 0.2) is 11.5 Å². The largest absolute Gasteiger partial charge is 0.573 e. The molecule has 2 aromatic rings. The maximum absolute atomic E-state index is 12.5. The molecule has 2 aromatic carbocycles. The van der Waals surface area contributed by atoms with Crippen LogP contribution in [0, 0.1) is 0 Å². The van der Waals surface area contributed by atoms with Gasteiger partial charge in [0.25, 0.3) is 0 Å². The normalized spacial score (nSPS) is 12.1. The fraction of sp³-hybridized carbons (Fsp3) is 0.143. The Morgan fingerprint density at radius 1 is 0.750 bits per heavy atom. The molecule has 0 spiro atoms. The van der Waals surface area contributed by atoms with Crippen LogP contribution in [0.5, 0.6) is 11.5 Å². The summed E-state index contributed by atoms with van der Waals surface area (Å²) in [5, 5.41) is 0. The number of benzene rings is 2. The SMILES string of the molecule is Nc1c(-c2ccccc2)cc(OC(F)(F)F)c(OC(F)(F)F)c1N. The molecule has 0 aromatic heterocycles. The molecule has 0 unspecified atom stereocenters. The van der Waals surface area contributed by atoms with Crippen LogP contribution in [0.4, 0.5) is 37.7 Å². The summed E-state index contributed by atoms with van der Waals surface area (Å²) >= 11 is 0. The molecular weight excluding hydrogens is 342 g/mol. The first-order chi connectivity index (χ1) is 11.0. The van der Waals surface area contributed by atoms with E-state index < -0.39 is 29.9 Å². The van der Waals surface area contributed by atoms with Gasteiger partial charge in [0, 0.05) is 5.56 Å². The number of nitrogens with two attached hydrogens (primary N) is 2. The Labute approximate surface area is 131 Å². The van der Waals surface area contributed by atoms with Crippen LogP contribution in [0.25, 0.3) is 11.1 Å². The molecule has 130 valence electrons. The van der Waals surface area contributed by atoms with E-state index in [1.54, 1.807) is 18.2 Å². The summed E-state index contributed by atoms with van der Waals surface area (Å²) in [6.07, 6.45) is -10.5. The molecule has 4 N–H and O–H groups in total. The van der Waals surface area contributed by atoms with E-state index in [4.69, 9.17) is 11.5 Å². The van der Waals surface area contributed by atoms with Crippen molar-refractivity contribution in [3.8, 4) is 22.6 Å². The average molecular weight is 352 g/mol. The van der Waals surface area contributed by atoms with Gasteiger partial charge < -0.3 is 20.9 Å². The van der Waals surface area contributed by atoms with Crippen molar-refractivity contribution >= 4 is 11.4 Å². The topological polar surface area (TPSA) is 70.5 Å². The van der Waals surface area contributed by atoms with Gasteiger partial charge in [-0.1, -0.05) is 30.3 Å². The molecule has 0 heterocycles. The summed E-state index contributed by atoms with van der Waals surface area (Å²) in [7, 11) is 0. The average Bonchev–Trinajstić information content (AvgIpc) is 2.45. The molecule has 0 aliphatic heterocycles. The number of ether oxygens (including phenoxy) is 2. The van der Waals surface area contributed by atoms with Crippen LogP contribution in [-0.2, 0) is 0 Å². The zero-order valence-electron chi connectivity index (χ0n) is 11.7. The van der Waals surface area contributed by atoms with Gasteiger partial charge in [0.1, 0.15) is 5.69 Å². The minimum absolute atomic E-state index is 0.0260. The Bertz CT molecular complexity index is 729. The lowest BCUT2D eigenvalue weighted by Gasteiger charge is -2.20. The van der Waals surface area contributed by atoms with Crippen LogP contribution in [-0.4, -0.2) is 12.7 Å². The lowest BCUT2D eigenvalue weighted by molar-refractivity contribution is -0.287. The molecule has 10 heteroatoms. The molecule has 0 bridgehead atoms. The number of alkyl halides is 6. The van der Waals surface area contributed by atoms with Crippen molar-refractivity contribution in [2.75, 3.05) is 11.5 Å². The lowest BCUT2D eigenvalue weighted by Crippen LogP contribution is -2.22. The smallest absolute Gasteiger partial charge is 0.402 e. The molecule has 2 rings (SSSR count). The summed E-state index contributed by atoms with van der Waals surface area (Å²) in [4.78, 5) is 0. The zero-order chi connectivity index (χ0) is 18.1. The van der Waals surface area contributed by atoms with E-state index in [1.807, 2.05) is 0 Å². The molecule has 0 fully saturated rings. The molecule has 0 saturated heterocycles. The third-order valence-corrected chi connectivity index (χ3v) is 2.85. The highest BCUT2D eigenvalue weighted by molar-refractivity contribution is 5.90. The number of rotatable bonds is 3. The van der Waals surface area contributed by atoms with E-state index in [1.165, 1.54) is 12.1 Å². The number of nitrogen functional groups attached to an aromatic ring is 2. The molecule has 0 radical (unpaired) electrons. The van der Waals surface area contributed by atoms with Crippen molar-refractivity contribution in [1.29, 1.82) is 0 Å². The third-order valence-electron chi connectivity index (χ3n) is 2.85. The van der Waals surface area contributed by atoms with E-state index in [-0.39, 0.29) is 11.3 Å². The van der Waals surface area contributed by atoms with Crippen molar-refractivity contribution in [1.82, 2.24) is 0 Å². The highest BCUT2D eigenvalue weighted by Crippen LogP contribution is 2.47. The van der Waals surface area contributed by atoms with Crippen molar-refractivity contribution in [2.24, 2.45) is 0 Å². The van der Waals surface area contributed by atoms with E-state index in [2.05, 4.69) is 9.47 Å². The first kappa shape index (κ1) is 17.6. The van der Waals surface area contributed by atoms with E-state index in [0.29, 0.717) is 11.6 Å². The number of anilines is 2. The standard InChI is InChI=1S/C14H10F6N2O2/c15-13(16,17)23-9-6-8(7-4-2-1-3-5-7)10(21)11(22)12(9)24-14(18,19)20/h1-6H,21-22H2. The van der Waals surface area contributed by atoms with Gasteiger partial charge in [-0.3, -0.25) is 0 Å². The second-order valence-corrected chi connectivity index (χ2v) is 4.54. The van der Waals surface area contributed by atoms with Crippen LogP contribution in [0.3, 0.4) is 0 Å². The lowest BCUT2D eigenvalue weighted by atomic mass is 10.0. The summed E-state index contributed by atoms with van der Waals surface area (Å²) in [6, 6.07) is 8.44. The molecule has 4 nitrogen and oxygen atoms in total. The number of halogens is 6. The van der Waals surface area contributed by atoms with E-state index >= 15 is 0 Å². The highest BCUT2D eigenvalue weighted by Gasteiger charge is 2.38. The van der Waals surface area contributed by atoms with Crippen LogP contribution in [0.2, 0.25) is 0 Å². The van der Waals surface area contributed by atoms with E-state index in [0.717, 1.165) is 0 Å². The van der Waals surface area contributed by atoms with Gasteiger partial charge in [-0.25, -0.2) is 0 Å². The molecule has 0 saturated carbocycles. The fourth-order valence-corrected chi connectivity index (χ4v) is 1.95. The molecular formula is C14H10F6N2O2. The second kappa shape index (κ2) is 6.02. The van der Waals surface area contributed by atoms with Gasteiger partial charge >= 0.3 is 12.7 Å². The Kier molecular flexibility index (Phi) is 4.41.